The minimum absolute atomic E-state index is 0.0500. The van der Waals surface area contributed by atoms with Crippen molar-refractivity contribution in [2.24, 2.45) is 0 Å². The number of aliphatic carboxylic acids is 1. The molecule has 0 spiro atoms. The summed E-state index contributed by atoms with van der Waals surface area (Å²) in [5.74, 6) is -2.18. The van der Waals surface area contributed by atoms with E-state index in [1.165, 1.54) is 18.2 Å². The van der Waals surface area contributed by atoms with E-state index in [-0.39, 0.29) is 18.4 Å². The summed E-state index contributed by atoms with van der Waals surface area (Å²) in [6.45, 7) is 1.55. The van der Waals surface area contributed by atoms with Crippen molar-refractivity contribution < 1.29 is 27.9 Å². The predicted octanol–water partition coefficient (Wildman–Crippen LogP) is 4.46. The number of amides is 1. The molecule has 2 aromatic rings. The highest BCUT2D eigenvalue weighted by molar-refractivity contribution is 5.92. The lowest BCUT2D eigenvalue weighted by Crippen LogP contribution is -2.18. The van der Waals surface area contributed by atoms with Gasteiger partial charge in [0.15, 0.2) is 0 Å². The summed E-state index contributed by atoms with van der Waals surface area (Å²) in [7, 11) is 0. The first kappa shape index (κ1) is 19.5. The maximum absolute atomic E-state index is 13.1. The Morgan fingerprint density at radius 3 is 2.35 bits per heavy atom. The van der Waals surface area contributed by atoms with E-state index in [2.05, 4.69) is 5.32 Å². The Bertz CT molecular complexity index is 803. The van der Waals surface area contributed by atoms with Gasteiger partial charge in [-0.3, -0.25) is 9.59 Å². The van der Waals surface area contributed by atoms with Crippen molar-refractivity contribution in [3.63, 3.8) is 0 Å². The summed E-state index contributed by atoms with van der Waals surface area (Å²) < 4.78 is 39.3. The monoisotopic (exact) mass is 365 g/mol. The number of rotatable bonds is 6. The fraction of sp³-hybridized carbons (Fsp3) is 0.263. The average Bonchev–Trinajstić information content (AvgIpc) is 2.55. The molecule has 7 heteroatoms. The van der Waals surface area contributed by atoms with E-state index in [0.29, 0.717) is 11.3 Å². The maximum Gasteiger partial charge on any atom is 0.416 e. The molecular formula is C19H18F3NO3. The molecule has 2 rings (SSSR count). The van der Waals surface area contributed by atoms with Crippen molar-refractivity contribution in [2.75, 3.05) is 5.32 Å². The van der Waals surface area contributed by atoms with Gasteiger partial charge in [0.2, 0.25) is 5.91 Å². The van der Waals surface area contributed by atoms with Gasteiger partial charge in [-0.25, -0.2) is 0 Å². The molecule has 0 radical (unpaired) electrons. The average molecular weight is 365 g/mol. The van der Waals surface area contributed by atoms with E-state index in [1.54, 1.807) is 31.2 Å². The molecule has 0 aliphatic carbocycles. The Kier molecular flexibility index (Phi) is 6.02. The van der Waals surface area contributed by atoms with Gasteiger partial charge in [-0.15, -0.1) is 0 Å². The zero-order valence-corrected chi connectivity index (χ0v) is 14.0. The van der Waals surface area contributed by atoms with E-state index in [0.717, 1.165) is 6.07 Å². The largest absolute Gasteiger partial charge is 0.481 e. The molecule has 2 aromatic carbocycles. The van der Waals surface area contributed by atoms with Crippen LogP contribution in [0.5, 0.6) is 0 Å². The first-order valence-corrected chi connectivity index (χ1v) is 7.94. The van der Waals surface area contributed by atoms with Crippen LogP contribution in [-0.2, 0) is 22.2 Å². The zero-order valence-electron chi connectivity index (χ0n) is 14.0. The van der Waals surface area contributed by atoms with E-state index in [4.69, 9.17) is 5.11 Å². The van der Waals surface area contributed by atoms with Crippen molar-refractivity contribution in [3.8, 4) is 0 Å². The first-order valence-electron chi connectivity index (χ1n) is 7.94. The summed E-state index contributed by atoms with van der Waals surface area (Å²) in [4.78, 5) is 23.1. The van der Waals surface area contributed by atoms with Gasteiger partial charge in [-0.05, 0) is 29.2 Å². The molecule has 1 unspecified atom stereocenters. The second kappa shape index (κ2) is 8.03. The van der Waals surface area contributed by atoms with Crippen molar-refractivity contribution in [1.82, 2.24) is 0 Å². The molecule has 4 nitrogen and oxygen atoms in total. The Morgan fingerprint density at radius 2 is 1.69 bits per heavy atom. The number of nitrogens with one attached hydrogen (secondary N) is 1. The molecule has 1 amide bonds. The number of anilines is 1. The van der Waals surface area contributed by atoms with E-state index >= 15 is 0 Å². The lowest BCUT2D eigenvalue weighted by Gasteiger charge is -2.18. The van der Waals surface area contributed by atoms with Crippen LogP contribution in [0.1, 0.15) is 36.0 Å². The first-order chi connectivity index (χ1) is 12.2. The third kappa shape index (κ3) is 5.08. The Balaban J connectivity index is 2.13. The molecule has 26 heavy (non-hydrogen) atoms. The molecule has 0 aliphatic rings. The molecule has 0 aromatic heterocycles. The number of hydrogen-bond donors (Lipinski definition) is 2. The van der Waals surface area contributed by atoms with Crippen LogP contribution in [0.25, 0.3) is 0 Å². The van der Waals surface area contributed by atoms with Gasteiger partial charge in [-0.2, -0.15) is 13.2 Å². The minimum atomic E-state index is -4.49. The summed E-state index contributed by atoms with van der Waals surface area (Å²) in [6.07, 6.45) is -4.91. The highest BCUT2D eigenvalue weighted by Crippen LogP contribution is 2.36. The molecule has 0 heterocycles. The summed E-state index contributed by atoms with van der Waals surface area (Å²) >= 11 is 0. The van der Waals surface area contributed by atoms with Crippen molar-refractivity contribution >= 4 is 17.6 Å². The topological polar surface area (TPSA) is 66.4 Å². The van der Waals surface area contributed by atoms with Gasteiger partial charge in [0, 0.05) is 12.1 Å². The number of carbonyl (C=O) groups excluding carboxylic acids is 1. The van der Waals surface area contributed by atoms with Crippen LogP contribution < -0.4 is 5.32 Å². The molecule has 0 bridgehead atoms. The molecule has 2 N–H and O–H groups in total. The predicted molar refractivity (Wildman–Crippen MR) is 90.9 cm³/mol. The number of carbonyl (C=O) groups is 2. The number of halogens is 3. The van der Waals surface area contributed by atoms with Crippen LogP contribution in [0.4, 0.5) is 18.9 Å². The van der Waals surface area contributed by atoms with Gasteiger partial charge < -0.3 is 10.4 Å². The van der Waals surface area contributed by atoms with Crippen LogP contribution in [0.15, 0.2) is 48.5 Å². The van der Waals surface area contributed by atoms with Crippen molar-refractivity contribution in [2.45, 2.75) is 31.9 Å². The van der Waals surface area contributed by atoms with Crippen LogP contribution in [0.3, 0.4) is 0 Å². The standard InChI is InChI=1S/C19H18F3NO3/c1-12(14-7-3-4-8-15(14)19(20,21)22)10-17(24)23-16-9-5-2-6-13(16)11-18(25)26/h2-9,12H,10-11H2,1H3,(H,23,24)(H,25,26). The summed E-state index contributed by atoms with van der Waals surface area (Å²) in [5.41, 5.74) is 0.0634. The Labute approximate surface area is 148 Å². The molecular weight excluding hydrogens is 347 g/mol. The smallest absolute Gasteiger partial charge is 0.416 e. The Morgan fingerprint density at radius 1 is 1.08 bits per heavy atom. The van der Waals surface area contributed by atoms with Crippen LogP contribution >= 0.6 is 0 Å². The number of hydrogen-bond acceptors (Lipinski definition) is 2. The molecule has 0 saturated carbocycles. The number of para-hydroxylation sites is 1. The number of benzene rings is 2. The second-order valence-corrected chi connectivity index (χ2v) is 5.97. The van der Waals surface area contributed by atoms with Crippen LogP contribution in [-0.4, -0.2) is 17.0 Å². The SMILES string of the molecule is CC(CC(=O)Nc1ccccc1CC(=O)O)c1ccccc1C(F)(F)F. The van der Waals surface area contributed by atoms with Crippen molar-refractivity contribution in [3.05, 3.63) is 65.2 Å². The van der Waals surface area contributed by atoms with Gasteiger partial charge >= 0.3 is 12.1 Å². The van der Waals surface area contributed by atoms with E-state index in [1.807, 2.05) is 0 Å². The Hall–Kier alpha value is -2.83. The third-order valence-electron chi connectivity index (χ3n) is 3.92. The molecule has 0 saturated heterocycles. The number of alkyl halides is 3. The van der Waals surface area contributed by atoms with Crippen molar-refractivity contribution in [1.29, 1.82) is 0 Å². The zero-order chi connectivity index (χ0) is 19.3. The highest BCUT2D eigenvalue weighted by Gasteiger charge is 2.34. The fourth-order valence-corrected chi connectivity index (χ4v) is 2.73. The summed E-state index contributed by atoms with van der Waals surface area (Å²) in [5, 5.41) is 11.5. The lowest BCUT2D eigenvalue weighted by molar-refractivity contribution is -0.138. The quantitative estimate of drug-likeness (QED) is 0.794. The number of carboxylic acid groups (broad SMARTS) is 1. The minimum Gasteiger partial charge on any atom is -0.481 e. The molecule has 138 valence electrons. The maximum atomic E-state index is 13.1. The highest BCUT2D eigenvalue weighted by atomic mass is 19.4. The molecule has 0 fully saturated rings. The van der Waals surface area contributed by atoms with Gasteiger partial charge in [0.05, 0.1) is 12.0 Å². The van der Waals surface area contributed by atoms with Gasteiger partial charge in [0.25, 0.3) is 0 Å². The normalized spacial score (nSPS) is 12.5. The third-order valence-corrected chi connectivity index (χ3v) is 3.92. The van der Waals surface area contributed by atoms with E-state index < -0.39 is 29.5 Å². The number of carboxylic acids is 1. The van der Waals surface area contributed by atoms with Gasteiger partial charge in [-0.1, -0.05) is 43.3 Å². The van der Waals surface area contributed by atoms with Crippen LogP contribution in [0.2, 0.25) is 0 Å². The van der Waals surface area contributed by atoms with E-state index in [9.17, 15) is 22.8 Å². The van der Waals surface area contributed by atoms with Crippen LogP contribution in [0, 0.1) is 0 Å². The fourth-order valence-electron chi connectivity index (χ4n) is 2.73. The molecule has 1 atom stereocenters. The summed E-state index contributed by atoms with van der Waals surface area (Å²) in [6, 6.07) is 11.6. The molecule has 0 aliphatic heterocycles. The van der Waals surface area contributed by atoms with Gasteiger partial charge in [0.1, 0.15) is 0 Å². The lowest BCUT2D eigenvalue weighted by atomic mass is 9.92. The second-order valence-electron chi connectivity index (χ2n) is 5.97.